The van der Waals surface area contributed by atoms with Gasteiger partial charge >= 0.3 is 5.97 Å². The van der Waals surface area contributed by atoms with E-state index in [1.165, 1.54) is 18.4 Å². The predicted octanol–water partition coefficient (Wildman–Crippen LogP) is 5.19. The molecule has 0 aliphatic heterocycles. The van der Waals surface area contributed by atoms with Crippen LogP contribution in [0.3, 0.4) is 0 Å². The first-order chi connectivity index (χ1) is 15.4. The summed E-state index contributed by atoms with van der Waals surface area (Å²) in [6.45, 7) is 1.97. The van der Waals surface area contributed by atoms with Crippen molar-refractivity contribution in [2.45, 2.75) is 19.4 Å². The Hall–Kier alpha value is -3.10. The zero-order valence-corrected chi connectivity index (χ0v) is 20.1. The summed E-state index contributed by atoms with van der Waals surface area (Å²) < 4.78 is 15.8. The van der Waals surface area contributed by atoms with Gasteiger partial charge in [-0.15, -0.1) is 11.3 Å². The zero-order valence-electron chi connectivity index (χ0n) is 18.4. The lowest BCUT2D eigenvalue weighted by molar-refractivity contribution is 0.0602. The average Bonchev–Trinajstić information content (AvgIpc) is 3.20. The summed E-state index contributed by atoms with van der Waals surface area (Å²) in [7, 11) is 4.61. The Kier molecular flexibility index (Phi) is 8.08. The Morgan fingerprint density at radius 1 is 1.06 bits per heavy atom. The van der Waals surface area contributed by atoms with Crippen LogP contribution in [0, 0.1) is 0 Å². The number of thiophene rings is 1. The van der Waals surface area contributed by atoms with Gasteiger partial charge in [-0.1, -0.05) is 30.3 Å². The SMILES string of the molecule is COC(=O)c1cc(Cc2ccccc2)sc1NC(=S)N[C@H](C)c1cc(OC)ccc1OC. The van der Waals surface area contributed by atoms with Crippen LogP contribution in [-0.4, -0.2) is 32.4 Å². The largest absolute Gasteiger partial charge is 0.497 e. The van der Waals surface area contributed by atoms with Gasteiger partial charge in [0.1, 0.15) is 16.5 Å². The summed E-state index contributed by atoms with van der Waals surface area (Å²) in [5, 5.41) is 7.45. The van der Waals surface area contributed by atoms with Crippen LogP contribution in [-0.2, 0) is 11.2 Å². The number of ether oxygens (including phenoxy) is 3. The maximum atomic E-state index is 12.3. The molecular formula is C24H26N2O4S2. The quantitative estimate of drug-likeness (QED) is 0.347. The van der Waals surface area contributed by atoms with Gasteiger partial charge in [-0.25, -0.2) is 4.79 Å². The van der Waals surface area contributed by atoms with Gasteiger partial charge in [0, 0.05) is 16.9 Å². The van der Waals surface area contributed by atoms with Gasteiger partial charge in [0.05, 0.1) is 32.9 Å². The lowest BCUT2D eigenvalue weighted by Crippen LogP contribution is -2.31. The Labute approximate surface area is 197 Å². The lowest BCUT2D eigenvalue weighted by Gasteiger charge is -2.20. The summed E-state index contributed by atoms with van der Waals surface area (Å²) in [6, 6.07) is 17.4. The van der Waals surface area contributed by atoms with Crippen molar-refractivity contribution >= 4 is 39.6 Å². The highest BCUT2D eigenvalue weighted by Gasteiger charge is 2.19. The van der Waals surface area contributed by atoms with Gasteiger partial charge in [0.25, 0.3) is 0 Å². The molecule has 0 saturated carbocycles. The minimum absolute atomic E-state index is 0.162. The third-order valence-electron chi connectivity index (χ3n) is 4.89. The molecule has 0 aliphatic rings. The number of hydrogen-bond acceptors (Lipinski definition) is 6. The number of carbonyl (C=O) groups is 1. The number of nitrogens with one attached hydrogen (secondary N) is 2. The number of carbonyl (C=O) groups excluding carboxylic acids is 1. The van der Waals surface area contributed by atoms with Crippen LogP contribution >= 0.6 is 23.6 Å². The first-order valence-electron chi connectivity index (χ1n) is 9.99. The fourth-order valence-corrected chi connectivity index (χ4v) is 4.70. The van der Waals surface area contributed by atoms with Crippen LogP contribution in [0.25, 0.3) is 0 Å². The second-order valence-electron chi connectivity index (χ2n) is 7.04. The van der Waals surface area contributed by atoms with E-state index >= 15 is 0 Å². The minimum Gasteiger partial charge on any atom is -0.497 e. The maximum Gasteiger partial charge on any atom is 0.340 e. The molecule has 8 heteroatoms. The standard InChI is InChI=1S/C24H26N2O4S2/c1-15(19-13-17(28-2)10-11-21(19)29-3)25-24(31)26-22-20(23(27)30-4)14-18(32-22)12-16-8-6-5-7-9-16/h5-11,13-15H,12H2,1-4H3,(H2,25,26,31)/t15-/m1/s1. The fourth-order valence-electron chi connectivity index (χ4n) is 3.27. The van der Waals surface area contributed by atoms with Crippen LogP contribution in [0.5, 0.6) is 11.5 Å². The van der Waals surface area contributed by atoms with Crippen molar-refractivity contribution in [1.82, 2.24) is 5.32 Å². The van der Waals surface area contributed by atoms with Crippen LogP contribution < -0.4 is 20.1 Å². The summed E-state index contributed by atoms with van der Waals surface area (Å²) in [6.07, 6.45) is 0.717. The molecule has 2 N–H and O–H groups in total. The van der Waals surface area contributed by atoms with Gasteiger partial charge in [-0.3, -0.25) is 0 Å². The molecule has 0 bridgehead atoms. The molecule has 1 atom stereocenters. The number of hydrogen-bond donors (Lipinski definition) is 2. The second kappa shape index (κ2) is 11.0. The van der Waals surface area contributed by atoms with E-state index in [1.807, 2.05) is 49.4 Å². The number of benzene rings is 2. The van der Waals surface area contributed by atoms with Gasteiger partial charge in [0.2, 0.25) is 0 Å². The van der Waals surface area contributed by atoms with Crippen molar-refractivity contribution in [2.75, 3.05) is 26.6 Å². The van der Waals surface area contributed by atoms with Crippen molar-refractivity contribution in [1.29, 1.82) is 0 Å². The Morgan fingerprint density at radius 3 is 2.47 bits per heavy atom. The van der Waals surface area contributed by atoms with Gasteiger partial charge in [-0.2, -0.15) is 0 Å². The minimum atomic E-state index is -0.409. The normalized spacial score (nSPS) is 11.4. The number of rotatable bonds is 8. The van der Waals surface area contributed by atoms with Gasteiger partial charge in [-0.05, 0) is 49.0 Å². The van der Waals surface area contributed by atoms with Crippen LogP contribution in [0.4, 0.5) is 5.00 Å². The number of methoxy groups -OCH3 is 3. The Balaban J connectivity index is 1.77. The molecule has 0 radical (unpaired) electrons. The molecule has 1 aromatic heterocycles. The summed E-state index contributed by atoms with van der Waals surface area (Å²) in [4.78, 5) is 13.4. The highest BCUT2D eigenvalue weighted by Crippen LogP contribution is 2.32. The third kappa shape index (κ3) is 5.77. The Morgan fingerprint density at radius 2 is 1.81 bits per heavy atom. The Bertz CT molecular complexity index is 1080. The van der Waals surface area contributed by atoms with E-state index in [9.17, 15) is 4.79 Å². The molecular weight excluding hydrogens is 444 g/mol. The molecule has 0 unspecified atom stereocenters. The second-order valence-corrected chi connectivity index (χ2v) is 8.58. The molecule has 1 heterocycles. The molecule has 168 valence electrons. The highest BCUT2D eigenvalue weighted by atomic mass is 32.1. The van der Waals surface area contributed by atoms with Gasteiger partial charge < -0.3 is 24.8 Å². The first-order valence-corrected chi connectivity index (χ1v) is 11.2. The monoisotopic (exact) mass is 470 g/mol. The van der Waals surface area contributed by atoms with Crippen LogP contribution in [0.15, 0.2) is 54.6 Å². The molecule has 3 rings (SSSR count). The van der Waals surface area contributed by atoms with E-state index in [-0.39, 0.29) is 6.04 Å². The zero-order chi connectivity index (χ0) is 23.1. The van der Waals surface area contributed by atoms with E-state index in [0.717, 1.165) is 33.9 Å². The topological polar surface area (TPSA) is 68.8 Å². The van der Waals surface area contributed by atoms with Crippen LogP contribution in [0.2, 0.25) is 0 Å². The highest BCUT2D eigenvalue weighted by molar-refractivity contribution is 7.80. The van der Waals surface area contributed by atoms with E-state index < -0.39 is 5.97 Å². The fraction of sp³-hybridized carbons (Fsp3) is 0.250. The van der Waals surface area contributed by atoms with Crippen LogP contribution in [0.1, 0.15) is 39.3 Å². The molecule has 0 fully saturated rings. The lowest BCUT2D eigenvalue weighted by atomic mass is 10.1. The van der Waals surface area contributed by atoms with Crippen molar-refractivity contribution in [3.05, 3.63) is 76.2 Å². The van der Waals surface area contributed by atoms with Crippen molar-refractivity contribution < 1.29 is 19.0 Å². The summed E-state index contributed by atoms with van der Waals surface area (Å²) in [5.41, 5.74) is 2.52. The van der Waals surface area contributed by atoms with E-state index in [2.05, 4.69) is 22.8 Å². The average molecular weight is 471 g/mol. The molecule has 3 aromatic rings. The third-order valence-corrected chi connectivity index (χ3v) is 6.16. The molecule has 0 aliphatic carbocycles. The van der Waals surface area contributed by atoms with E-state index in [4.69, 9.17) is 26.4 Å². The van der Waals surface area contributed by atoms with Crippen molar-refractivity contribution in [3.8, 4) is 11.5 Å². The molecule has 0 spiro atoms. The molecule has 2 aromatic carbocycles. The van der Waals surface area contributed by atoms with E-state index in [0.29, 0.717) is 15.7 Å². The predicted molar refractivity (Wildman–Crippen MR) is 132 cm³/mol. The molecule has 0 saturated heterocycles. The van der Waals surface area contributed by atoms with Crippen molar-refractivity contribution in [2.24, 2.45) is 0 Å². The maximum absolute atomic E-state index is 12.3. The summed E-state index contributed by atoms with van der Waals surface area (Å²) in [5.74, 6) is 1.05. The number of thiocarbonyl (C=S) groups is 1. The van der Waals surface area contributed by atoms with Gasteiger partial charge in [0.15, 0.2) is 5.11 Å². The first kappa shape index (κ1) is 23.6. The summed E-state index contributed by atoms with van der Waals surface area (Å²) >= 11 is 7.01. The number of anilines is 1. The smallest absolute Gasteiger partial charge is 0.340 e. The van der Waals surface area contributed by atoms with Crippen molar-refractivity contribution in [3.63, 3.8) is 0 Å². The molecule has 6 nitrogen and oxygen atoms in total. The van der Waals surface area contributed by atoms with E-state index in [1.54, 1.807) is 14.2 Å². The molecule has 32 heavy (non-hydrogen) atoms. The number of esters is 1. The molecule has 0 amide bonds.